The summed E-state index contributed by atoms with van der Waals surface area (Å²) in [6, 6.07) is 6.05. The van der Waals surface area contributed by atoms with Crippen LogP contribution in [0.1, 0.15) is 23.3 Å². The highest BCUT2D eigenvalue weighted by Crippen LogP contribution is 2.34. The molecule has 3 aliphatic heterocycles. The molecule has 3 fully saturated rings. The number of carbonyl (C=O) groups excluding carboxylic acids is 2. The van der Waals surface area contributed by atoms with E-state index in [4.69, 9.17) is 5.73 Å². The van der Waals surface area contributed by atoms with E-state index in [-0.39, 0.29) is 33.9 Å². The van der Waals surface area contributed by atoms with Gasteiger partial charge in [0.05, 0.1) is 11.1 Å². The second-order valence-corrected chi connectivity index (χ2v) is 11.9. The zero-order chi connectivity index (χ0) is 25.5. The van der Waals surface area contributed by atoms with Crippen LogP contribution >= 0.6 is 0 Å². The van der Waals surface area contributed by atoms with Crippen LogP contribution in [-0.4, -0.2) is 86.8 Å². The van der Waals surface area contributed by atoms with Crippen LogP contribution in [-0.2, 0) is 9.84 Å². The number of benzene rings is 1. The summed E-state index contributed by atoms with van der Waals surface area (Å²) in [7, 11) is -3.33. The summed E-state index contributed by atoms with van der Waals surface area (Å²) in [5, 5.41) is 9.44. The SMILES string of the molecule is CS(=O)(=O)c1ccc(Nc2nc(N3CCC[C@@H](NC(=O)N4CC5(CNC5)C4)C3)cnc2C(N)=O)cc1. The Morgan fingerprint density at radius 1 is 1.19 bits per heavy atom. The molecule has 0 radical (unpaired) electrons. The number of piperidine rings is 1. The van der Waals surface area contributed by atoms with Gasteiger partial charge in [-0.3, -0.25) is 4.79 Å². The molecule has 0 aliphatic carbocycles. The van der Waals surface area contributed by atoms with Gasteiger partial charge < -0.3 is 31.5 Å². The molecule has 192 valence electrons. The third-order valence-corrected chi connectivity index (χ3v) is 8.08. The summed E-state index contributed by atoms with van der Waals surface area (Å²) < 4.78 is 23.4. The molecule has 3 saturated heterocycles. The highest BCUT2D eigenvalue weighted by Gasteiger charge is 2.49. The maximum atomic E-state index is 12.7. The van der Waals surface area contributed by atoms with Crippen molar-refractivity contribution < 1.29 is 18.0 Å². The minimum absolute atomic E-state index is 0.0231. The number of carbonyl (C=O) groups is 2. The van der Waals surface area contributed by atoms with Gasteiger partial charge in [-0.05, 0) is 37.1 Å². The predicted molar refractivity (Wildman–Crippen MR) is 134 cm³/mol. The van der Waals surface area contributed by atoms with Crippen molar-refractivity contribution in [3.63, 3.8) is 0 Å². The minimum atomic E-state index is -3.33. The van der Waals surface area contributed by atoms with Crippen LogP contribution in [0.4, 0.5) is 22.1 Å². The lowest BCUT2D eigenvalue weighted by Gasteiger charge is -2.56. The second-order valence-electron chi connectivity index (χ2n) is 9.91. The van der Waals surface area contributed by atoms with E-state index in [1.165, 1.54) is 18.3 Å². The summed E-state index contributed by atoms with van der Waals surface area (Å²) >= 11 is 0. The van der Waals surface area contributed by atoms with E-state index in [0.29, 0.717) is 18.1 Å². The highest BCUT2D eigenvalue weighted by molar-refractivity contribution is 7.90. The number of nitrogens with one attached hydrogen (secondary N) is 3. The Bertz CT molecular complexity index is 1270. The number of aromatic nitrogens is 2. The fourth-order valence-corrected chi connectivity index (χ4v) is 5.53. The molecule has 2 aromatic rings. The van der Waals surface area contributed by atoms with Crippen molar-refractivity contribution in [3.8, 4) is 0 Å². The van der Waals surface area contributed by atoms with E-state index in [2.05, 4.69) is 25.9 Å². The number of primary amides is 1. The molecule has 13 heteroatoms. The number of hydrogen-bond donors (Lipinski definition) is 4. The zero-order valence-electron chi connectivity index (χ0n) is 20.0. The molecule has 1 aromatic carbocycles. The van der Waals surface area contributed by atoms with E-state index in [9.17, 15) is 18.0 Å². The summed E-state index contributed by atoms with van der Waals surface area (Å²) in [6.07, 6.45) is 4.38. The fourth-order valence-electron chi connectivity index (χ4n) is 4.90. The molecule has 0 saturated carbocycles. The van der Waals surface area contributed by atoms with Crippen LogP contribution < -0.4 is 26.6 Å². The Balaban J connectivity index is 1.27. The van der Waals surface area contributed by atoms with Gasteiger partial charge in [0.2, 0.25) is 0 Å². The van der Waals surface area contributed by atoms with E-state index in [0.717, 1.165) is 51.8 Å². The van der Waals surface area contributed by atoms with Crippen LogP contribution in [0.25, 0.3) is 0 Å². The number of anilines is 3. The normalized spacial score (nSPS) is 20.9. The number of rotatable bonds is 6. The minimum Gasteiger partial charge on any atom is -0.364 e. The lowest BCUT2D eigenvalue weighted by Crippen LogP contribution is -2.73. The first-order valence-electron chi connectivity index (χ1n) is 11.9. The molecule has 5 rings (SSSR count). The molecule has 1 aromatic heterocycles. The first kappa shape index (κ1) is 24.3. The monoisotopic (exact) mass is 514 g/mol. The Morgan fingerprint density at radius 2 is 1.92 bits per heavy atom. The third kappa shape index (κ3) is 4.93. The quantitative estimate of drug-likeness (QED) is 0.425. The molecule has 5 N–H and O–H groups in total. The van der Waals surface area contributed by atoms with Crippen molar-refractivity contribution in [2.24, 2.45) is 11.1 Å². The number of urea groups is 1. The molecule has 1 atom stereocenters. The Labute approximate surface area is 209 Å². The lowest BCUT2D eigenvalue weighted by atomic mass is 9.75. The van der Waals surface area contributed by atoms with Crippen LogP contribution in [0.15, 0.2) is 35.4 Å². The Kier molecular flexibility index (Phi) is 6.20. The Hall–Kier alpha value is -3.45. The summed E-state index contributed by atoms with van der Waals surface area (Å²) in [4.78, 5) is 37.5. The van der Waals surface area contributed by atoms with Gasteiger partial charge in [0, 0.05) is 62.7 Å². The number of likely N-dealkylation sites (tertiary alicyclic amines) is 1. The van der Waals surface area contributed by atoms with Crippen molar-refractivity contribution in [3.05, 3.63) is 36.2 Å². The number of amides is 3. The van der Waals surface area contributed by atoms with Gasteiger partial charge in [-0.1, -0.05) is 0 Å². The zero-order valence-corrected chi connectivity index (χ0v) is 20.8. The van der Waals surface area contributed by atoms with Crippen LogP contribution in [0.5, 0.6) is 0 Å². The average molecular weight is 515 g/mol. The number of nitrogens with two attached hydrogens (primary N) is 1. The third-order valence-electron chi connectivity index (χ3n) is 6.95. The topological polar surface area (TPSA) is 163 Å². The molecule has 3 amide bonds. The van der Waals surface area contributed by atoms with E-state index >= 15 is 0 Å². The molecule has 0 bridgehead atoms. The molecule has 36 heavy (non-hydrogen) atoms. The van der Waals surface area contributed by atoms with Gasteiger partial charge in [-0.2, -0.15) is 0 Å². The van der Waals surface area contributed by atoms with Gasteiger partial charge in [0.1, 0.15) is 5.82 Å². The van der Waals surface area contributed by atoms with Gasteiger partial charge in [-0.15, -0.1) is 0 Å². The second kappa shape index (κ2) is 9.21. The molecular weight excluding hydrogens is 484 g/mol. The van der Waals surface area contributed by atoms with Crippen molar-refractivity contribution in [1.29, 1.82) is 0 Å². The highest BCUT2D eigenvalue weighted by atomic mass is 32.2. The first-order chi connectivity index (χ1) is 17.1. The van der Waals surface area contributed by atoms with Crippen LogP contribution in [0.3, 0.4) is 0 Å². The fraction of sp³-hybridized carbons (Fsp3) is 0.478. The van der Waals surface area contributed by atoms with Gasteiger partial charge in [0.25, 0.3) is 5.91 Å². The van der Waals surface area contributed by atoms with Crippen molar-refractivity contribution in [2.75, 3.05) is 55.7 Å². The maximum absolute atomic E-state index is 12.7. The molecule has 1 spiro atoms. The van der Waals surface area contributed by atoms with Gasteiger partial charge in [0.15, 0.2) is 21.3 Å². The first-order valence-corrected chi connectivity index (χ1v) is 13.8. The lowest BCUT2D eigenvalue weighted by molar-refractivity contribution is -0.0118. The van der Waals surface area contributed by atoms with Crippen molar-refractivity contribution in [1.82, 2.24) is 25.5 Å². The van der Waals surface area contributed by atoms with Crippen molar-refractivity contribution in [2.45, 2.75) is 23.8 Å². The summed E-state index contributed by atoms with van der Waals surface area (Å²) in [5.74, 6) is -0.00188. The molecular formula is C23H30N8O4S. The largest absolute Gasteiger partial charge is 0.364 e. The van der Waals surface area contributed by atoms with Crippen molar-refractivity contribution >= 4 is 39.1 Å². The number of sulfone groups is 1. The Morgan fingerprint density at radius 3 is 2.53 bits per heavy atom. The van der Waals surface area contributed by atoms with E-state index in [1.807, 2.05) is 9.80 Å². The average Bonchev–Trinajstić information content (AvgIpc) is 2.77. The molecule has 0 unspecified atom stereocenters. The van der Waals surface area contributed by atoms with Gasteiger partial charge >= 0.3 is 6.03 Å². The number of hydrogen-bond acceptors (Lipinski definition) is 9. The summed E-state index contributed by atoms with van der Waals surface area (Å²) in [6.45, 7) is 4.85. The van der Waals surface area contributed by atoms with Crippen LogP contribution in [0.2, 0.25) is 0 Å². The van der Waals surface area contributed by atoms with E-state index < -0.39 is 15.7 Å². The maximum Gasteiger partial charge on any atom is 0.317 e. The smallest absolute Gasteiger partial charge is 0.317 e. The number of nitrogens with zero attached hydrogens (tertiary/aromatic N) is 4. The van der Waals surface area contributed by atoms with Gasteiger partial charge in [-0.25, -0.2) is 23.2 Å². The molecule has 4 heterocycles. The predicted octanol–water partition coefficient (Wildman–Crippen LogP) is 0.306. The molecule has 12 nitrogen and oxygen atoms in total. The summed E-state index contributed by atoms with van der Waals surface area (Å²) in [5.41, 5.74) is 6.30. The van der Waals surface area contributed by atoms with E-state index in [1.54, 1.807) is 12.1 Å². The molecule has 3 aliphatic rings. The standard InChI is InChI=1S/C23H30N8O4S/c1-36(34,35)17-6-4-15(5-7-17)27-21-19(20(24)32)26-9-18(29-21)30-8-2-3-16(10-30)28-22(33)31-13-23(14-31)11-25-12-23/h4-7,9,16,25H,2-3,8,10-14H2,1H3,(H2,24,32)(H,27,29)(H,28,33)/t16-/m1/s1. The van der Waals surface area contributed by atoms with Crippen LogP contribution in [0, 0.1) is 5.41 Å².